The molecular weight excluding hydrogens is 219 g/mol. The van der Waals surface area contributed by atoms with Crippen molar-refractivity contribution in [2.75, 3.05) is 19.8 Å². The molecule has 0 spiro atoms. The van der Waals surface area contributed by atoms with Gasteiger partial charge in [-0.3, -0.25) is 0 Å². The van der Waals surface area contributed by atoms with Gasteiger partial charge in [-0.25, -0.2) is 0 Å². The van der Waals surface area contributed by atoms with E-state index >= 15 is 0 Å². The van der Waals surface area contributed by atoms with Crippen LogP contribution in [0.2, 0.25) is 0 Å². The number of hydrogen-bond donors (Lipinski definition) is 0. The molecule has 0 amide bonds. The van der Waals surface area contributed by atoms with Gasteiger partial charge in [-0.15, -0.1) is 8.24 Å². The summed E-state index contributed by atoms with van der Waals surface area (Å²) >= 11 is 10.1. The monoisotopic (exact) mass is 232 g/mol. The van der Waals surface area contributed by atoms with Crippen molar-refractivity contribution in [1.82, 2.24) is 8.24 Å². The van der Waals surface area contributed by atoms with E-state index in [4.69, 9.17) is 23.6 Å². The van der Waals surface area contributed by atoms with Crippen LogP contribution in [0.25, 0.3) is 0 Å². The second-order valence-corrected chi connectivity index (χ2v) is 5.83. The summed E-state index contributed by atoms with van der Waals surface area (Å²) in [6.07, 6.45) is 0. The number of halogens is 2. The van der Waals surface area contributed by atoms with Crippen molar-refractivity contribution in [3.05, 3.63) is 0 Å². The van der Waals surface area contributed by atoms with Crippen LogP contribution in [0.15, 0.2) is 0 Å². The molecule has 0 heterocycles. The standard InChI is InChI=1S/C6H14Cl2N2OS/c1-6(2,10(7)8)5-12(11)9(3)4/h5H2,1-4H3. The molecular formula is C6H14Cl2N2OS. The summed E-state index contributed by atoms with van der Waals surface area (Å²) in [6.45, 7) is 3.66. The molecule has 0 aliphatic carbocycles. The highest BCUT2D eigenvalue weighted by Crippen LogP contribution is 2.22. The Hall–Kier alpha value is 0.810. The van der Waals surface area contributed by atoms with Gasteiger partial charge in [0.2, 0.25) is 0 Å². The first-order chi connectivity index (χ1) is 5.27. The van der Waals surface area contributed by atoms with Gasteiger partial charge in [0, 0.05) is 25.5 Å². The van der Waals surface area contributed by atoms with Gasteiger partial charge in [-0.05, 0) is 37.4 Å². The Morgan fingerprint density at radius 3 is 2.00 bits per heavy atom. The highest BCUT2D eigenvalue weighted by Gasteiger charge is 2.31. The molecule has 0 aliphatic heterocycles. The topological polar surface area (TPSA) is 29.5 Å². The van der Waals surface area contributed by atoms with Crippen molar-refractivity contribution in [2.24, 2.45) is 0 Å². The van der Waals surface area contributed by atoms with E-state index in [0.717, 1.165) is 3.94 Å². The van der Waals surface area contributed by atoms with Crippen LogP contribution >= 0.6 is 23.6 Å². The lowest BCUT2D eigenvalue weighted by Gasteiger charge is -2.29. The fourth-order valence-corrected chi connectivity index (χ4v) is 1.73. The van der Waals surface area contributed by atoms with E-state index in [0.29, 0.717) is 5.75 Å². The largest absolute Gasteiger partial charge is 0.598 e. The van der Waals surface area contributed by atoms with Crippen LogP contribution in [-0.4, -0.2) is 38.2 Å². The number of hydrogen-bond acceptors (Lipinski definition) is 3. The fourth-order valence-electron chi connectivity index (χ4n) is 0.480. The van der Waals surface area contributed by atoms with Gasteiger partial charge in [0.1, 0.15) is 5.75 Å². The van der Waals surface area contributed by atoms with Crippen molar-refractivity contribution in [3.63, 3.8) is 0 Å². The smallest absolute Gasteiger partial charge is 0.146 e. The Bertz CT molecular complexity index is 144. The van der Waals surface area contributed by atoms with Crippen LogP contribution in [0.3, 0.4) is 0 Å². The summed E-state index contributed by atoms with van der Waals surface area (Å²) in [6, 6.07) is 0. The number of nitrogens with zero attached hydrogens (tertiary/aromatic N) is 2. The minimum absolute atomic E-state index is 0.410. The van der Waals surface area contributed by atoms with Crippen LogP contribution in [-0.2, 0) is 11.4 Å². The summed E-state index contributed by atoms with van der Waals surface area (Å²) in [4.78, 5) is 0. The SMILES string of the molecule is CN(C)[S+]([O-])CC(C)(C)N(Cl)Cl. The number of rotatable bonds is 4. The normalized spacial score (nSPS) is 15.8. The molecule has 1 atom stereocenters. The molecule has 0 saturated heterocycles. The summed E-state index contributed by atoms with van der Waals surface area (Å²) in [5.74, 6) is 0.410. The average molecular weight is 233 g/mol. The lowest BCUT2D eigenvalue weighted by Crippen LogP contribution is -2.42. The molecule has 1 unspecified atom stereocenters. The third-order valence-electron chi connectivity index (χ3n) is 1.34. The minimum atomic E-state index is -1.04. The lowest BCUT2D eigenvalue weighted by molar-refractivity contribution is 0.382. The Morgan fingerprint density at radius 2 is 1.75 bits per heavy atom. The van der Waals surface area contributed by atoms with Gasteiger partial charge in [-0.1, -0.05) is 0 Å². The second-order valence-electron chi connectivity index (χ2n) is 3.32. The van der Waals surface area contributed by atoms with Crippen LogP contribution in [0.5, 0.6) is 0 Å². The van der Waals surface area contributed by atoms with Crippen molar-refractivity contribution in [2.45, 2.75) is 19.4 Å². The Balaban J connectivity index is 4.05. The second kappa shape index (κ2) is 4.88. The Labute approximate surface area is 87.1 Å². The van der Waals surface area contributed by atoms with Crippen molar-refractivity contribution < 1.29 is 4.55 Å². The fraction of sp³-hybridized carbons (Fsp3) is 1.00. The van der Waals surface area contributed by atoms with Gasteiger partial charge in [0.15, 0.2) is 0 Å². The molecule has 3 nitrogen and oxygen atoms in total. The van der Waals surface area contributed by atoms with E-state index in [1.165, 1.54) is 0 Å². The maximum absolute atomic E-state index is 11.4. The molecule has 0 radical (unpaired) electrons. The Kier molecular flexibility index (Phi) is 5.21. The predicted octanol–water partition coefficient (Wildman–Crippen LogP) is 1.60. The van der Waals surface area contributed by atoms with Crippen molar-refractivity contribution in [1.29, 1.82) is 0 Å². The van der Waals surface area contributed by atoms with Gasteiger partial charge < -0.3 is 4.55 Å². The molecule has 6 heteroatoms. The highest BCUT2D eigenvalue weighted by atomic mass is 35.5. The van der Waals surface area contributed by atoms with E-state index in [1.807, 2.05) is 13.8 Å². The third kappa shape index (κ3) is 4.16. The first-order valence-corrected chi connectivity index (χ1v) is 5.40. The van der Waals surface area contributed by atoms with Crippen LogP contribution in [0, 0.1) is 0 Å². The summed E-state index contributed by atoms with van der Waals surface area (Å²) in [7, 11) is 3.50. The molecule has 0 fully saturated rings. The first-order valence-electron chi connectivity index (χ1n) is 3.45. The molecule has 12 heavy (non-hydrogen) atoms. The van der Waals surface area contributed by atoms with Crippen molar-refractivity contribution >= 4 is 34.9 Å². The summed E-state index contributed by atoms with van der Waals surface area (Å²) in [5.41, 5.74) is -0.474. The van der Waals surface area contributed by atoms with E-state index in [-0.39, 0.29) is 0 Å². The van der Waals surface area contributed by atoms with E-state index in [2.05, 4.69) is 0 Å². The molecule has 0 bridgehead atoms. The predicted molar refractivity (Wildman–Crippen MR) is 54.3 cm³/mol. The zero-order chi connectivity index (χ0) is 9.94. The van der Waals surface area contributed by atoms with Gasteiger partial charge in [0.05, 0.1) is 5.54 Å². The highest BCUT2D eigenvalue weighted by molar-refractivity contribution is 7.89. The van der Waals surface area contributed by atoms with Gasteiger partial charge in [0.25, 0.3) is 0 Å². The molecule has 0 aromatic carbocycles. The van der Waals surface area contributed by atoms with Gasteiger partial charge >= 0.3 is 0 Å². The van der Waals surface area contributed by atoms with Gasteiger partial charge in [-0.2, -0.15) is 0 Å². The lowest BCUT2D eigenvalue weighted by atomic mass is 10.1. The average Bonchev–Trinajstić information content (AvgIpc) is 1.85. The maximum Gasteiger partial charge on any atom is 0.146 e. The van der Waals surface area contributed by atoms with E-state index < -0.39 is 16.9 Å². The Morgan fingerprint density at radius 1 is 1.33 bits per heavy atom. The maximum atomic E-state index is 11.4. The molecule has 0 aromatic heterocycles. The third-order valence-corrected chi connectivity index (χ3v) is 4.02. The van der Waals surface area contributed by atoms with Crippen LogP contribution in [0.4, 0.5) is 0 Å². The van der Waals surface area contributed by atoms with E-state index in [1.54, 1.807) is 18.4 Å². The molecule has 0 aliphatic rings. The quantitative estimate of drug-likeness (QED) is 0.545. The summed E-state index contributed by atoms with van der Waals surface area (Å²) in [5, 5.41) is 0. The summed E-state index contributed by atoms with van der Waals surface area (Å²) < 4.78 is 14.0. The molecule has 0 aromatic rings. The zero-order valence-electron chi connectivity index (χ0n) is 7.67. The van der Waals surface area contributed by atoms with Crippen LogP contribution in [0.1, 0.15) is 13.8 Å². The van der Waals surface area contributed by atoms with Crippen molar-refractivity contribution in [3.8, 4) is 0 Å². The minimum Gasteiger partial charge on any atom is -0.598 e. The zero-order valence-corrected chi connectivity index (χ0v) is 10.0. The molecule has 0 N–H and O–H groups in total. The molecule has 0 saturated carbocycles. The molecule has 0 rings (SSSR count). The first kappa shape index (κ1) is 12.8. The van der Waals surface area contributed by atoms with E-state index in [9.17, 15) is 4.55 Å². The molecule has 74 valence electrons. The van der Waals surface area contributed by atoms with Crippen LogP contribution < -0.4 is 0 Å².